The molecule has 0 radical (unpaired) electrons. The molecule has 94 valence electrons. The minimum atomic E-state index is 0.785. The maximum absolute atomic E-state index is 5.95. The number of anilines is 1. The third-order valence-corrected chi connectivity index (χ3v) is 3.79. The number of hydrogen-bond donors (Lipinski definition) is 1. The van der Waals surface area contributed by atoms with E-state index in [0.717, 1.165) is 21.7 Å². The second-order valence-electron chi connectivity index (χ2n) is 4.41. The van der Waals surface area contributed by atoms with Crippen molar-refractivity contribution in [3.8, 4) is 0 Å². The Morgan fingerprint density at radius 3 is 2.56 bits per heavy atom. The van der Waals surface area contributed by atoms with E-state index in [0.29, 0.717) is 0 Å². The van der Waals surface area contributed by atoms with Crippen molar-refractivity contribution in [3.63, 3.8) is 0 Å². The lowest BCUT2D eigenvalue weighted by atomic mass is 10.1. The summed E-state index contributed by atoms with van der Waals surface area (Å²) in [6.45, 7) is 4.95. The molecule has 3 heteroatoms. The summed E-state index contributed by atoms with van der Waals surface area (Å²) in [5.41, 5.74) is 4.81. The fourth-order valence-corrected chi connectivity index (χ4v) is 2.67. The molecular weight excluding hydrogens is 310 g/mol. The van der Waals surface area contributed by atoms with Crippen LogP contribution in [0.5, 0.6) is 0 Å². The van der Waals surface area contributed by atoms with Crippen molar-refractivity contribution in [3.05, 3.63) is 62.6 Å². The highest BCUT2D eigenvalue weighted by Gasteiger charge is 2.02. The van der Waals surface area contributed by atoms with E-state index >= 15 is 0 Å². The van der Waals surface area contributed by atoms with Crippen LogP contribution in [0, 0.1) is 13.8 Å². The number of rotatable bonds is 3. The third kappa shape index (κ3) is 3.27. The van der Waals surface area contributed by atoms with Gasteiger partial charge in [0, 0.05) is 21.7 Å². The molecule has 0 saturated heterocycles. The average Bonchev–Trinajstić information content (AvgIpc) is 2.30. The van der Waals surface area contributed by atoms with Gasteiger partial charge in [0.1, 0.15) is 0 Å². The molecule has 0 spiro atoms. The summed E-state index contributed by atoms with van der Waals surface area (Å²) in [5, 5.41) is 4.21. The van der Waals surface area contributed by atoms with E-state index < -0.39 is 0 Å². The summed E-state index contributed by atoms with van der Waals surface area (Å²) in [6.07, 6.45) is 0. The van der Waals surface area contributed by atoms with Crippen molar-refractivity contribution in [2.45, 2.75) is 20.4 Å². The average molecular weight is 325 g/mol. The zero-order valence-corrected chi connectivity index (χ0v) is 12.8. The van der Waals surface area contributed by atoms with Gasteiger partial charge in [-0.2, -0.15) is 0 Å². The van der Waals surface area contributed by atoms with Gasteiger partial charge in [0.25, 0.3) is 0 Å². The minimum Gasteiger partial charge on any atom is -0.380 e. The van der Waals surface area contributed by atoms with Crippen LogP contribution in [0.3, 0.4) is 0 Å². The van der Waals surface area contributed by atoms with Gasteiger partial charge < -0.3 is 5.32 Å². The van der Waals surface area contributed by atoms with Crippen molar-refractivity contribution < 1.29 is 0 Å². The molecule has 2 aromatic rings. The van der Waals surface area contributed by atoms with Crippen molar-refractivity contribution >= 4 is 33.2 Å². The van der Waals surface area contributed by atoms with Crippen LogP contribution in [0.1, 0.15) is 16.7 Å². The Bertz CT molecular complexity index is 515. The zero-order chi connectivity index (χ0) is 13.1. The van der Waals surface area contributed by atoms with Crippen molar-refractivity contribution in [2.75, 3.05) is 5.32 Å². The molecule has 0 aromatic heterocycles. The Morgan fingerprint density at radius 2 is 1.89 bits per heavy atom. The van der Waals surface area contributed by atoms with Gasteiger partial charge >= 0.3 is 0 Å². The van der Waals surface area contributed by atoms with E-state index in [-0.39, 0.29) is 0 Å². The van der Waals surface area contributed by atoms with Crippen LogP contribution < -0.4 is 5.32 Å². The second kappa shape index (κ2) is 5.77. The normalized spacial score (nSPS) is 10.4. The lowest BCUT2D eigenvalue weighted by molar-refractivity contribution is 1.12. The summed E-state index contributed by atoms with van der Waals surface area (Å²) >= 11 is 9.52. The molecule has 0 bridgehead atoms. The SMILES string of the molecule is Cc1ccc(NCc2ccc(Cl)cc2C)c(Br)c1. The summed E-state index contributed by atoms with van der Waals surface area (Å²) < 4.78 is 1.09. The largest absolute Gasteiger partial charge is 0.380 e. The number of aryl methyl sites for hydroxylation is 2. The maximum Gasteiger partial charge on any atom is 0.0487 e. The monoisotopic (exact) mass is 323 g/mol. The first-order valence-electron chi connectivity index (χ1n) is 5.81. The van der Waals surface area contributed by atoms with Crippen LogP contribution in [0.2, 0.25) is 5.02 Å². The molecule has 0 amide bonds. The molecule has 0 aliphatic rings. The van der Waals surface area contributed by atoms with Gasteiger partial charge in [-0.25, -0.2) is 0 Å². The standard InChI is InChI=1S/C15H15BrClN/c1-10-3-6-15(14(16)7-10)18-9-12-4-5-13(17)8-11(12)2/h3-8,18H,9H2,1-2H3. The van der Waals surface area contributed by atoms with Crippen LogP contribution >= 0.6 is 27.5 Å². The number of nitrogens with one attached hydrogen (secondary N) is 1. The fraction of sp³-hybridized carbons (Fsp3) is 0.200. The lowest BCUT2D eigenvalue weighted by Crippen LogP contribution is -2.01. The van der Waals surface area contributed by atoms with Gasteiger partial charge in [-0.15, -0.1) is 0 Å². The summed E-state index contributed by atoms with van der Waals surface area (Å²) in [7, 11) is 0. The molecule has 1 N–H and O–H groups in total. The van der Waals surface area contributed by atoms with E-state index in [1.165, 1.54) is 16.7 Å². The van der Waals surface area contributed by atoms with Crippen LogP contribution in [0.25, 0.3) is 0 Å². The first-order chi connectivity index (χ1) is 8.56. The van der Waals surface area contributed by atoms with Crippen molar-refractivity contribution in [1.82, 2.24) is 0 Å². The Balaban J connectivity index is 2.11. The Hall–Kier alpha value is -0.990. The van der Waals surface area contributed by atoms with E-state index in [1.54, 1.807) is 0 Å². The van der Waals surface area contributed by atoms with E-state index in [9.17, 15) is 0 Å². The molecule has 0 heterocycles. The minimum absolute atomic E-state index is 0.785. The topological polar surface area (TPSA) is 12.0 Å². The highest BCUT2D eigenvalue weighted by atomic mass is 79.9. The molecule has 0 aliphatic heterocycles. The molecule has 2 rings (SSSR count). The smallest absolute Gasteiger partial charge is 0.0487 e. The summed E-state index contributed by atoms with van der Waals surface area (Å²) in [5.74, 6) is 0. The van der Waals surface area contributed by atoms with Gasteiger partial charge in [0.2, 0.25) is 0 Å². The second-order valence-corrected chi connectivity index (χ2v) is 5.70. The predicted octanol–water partition coefficient (Wildman–Crippen LogP) is 5.33. The maximum atomic E-state index is 5.95. The van der Waals surface area contributed by atoms with Gasteiger partial charge in [-0.05, 0) is 70.7 Å². The van der Waals surface area contributed by atoms with E-state index in [4.69, 9.17) is 11.6 Å². The quantitative estimate of drug-likeness (QED) is 0.804. The Morgan fingerprint density at radius 1 is 1.11 bits per heavy atom. The van der Waals surface area contributed by atoms with Crippen LogP contribution in [0.4, 0.5) is 5.69 Å². The van der Waals surface area contributed by atoms with Gasteiger partial charge in [-0.1, -0.05) is 23.7 Å². The number of benzene rings is 2. The molecular formula is C15H15BrClN. The first kappa shape index (κ1) is 13.4. The molecule has 0 fully saturated rings. The molecule has 18 heavy (non-hydrogen) atoms. The summed E-state index contributed by atoms with van der Waals surface area (Å²) in [4.78, 5) is 0. The van der Waals surface area contributed by atoms with Crippen LogP contribution in [0.15, 0.2) is 40.9 Å². The molecule has 0 unspecified atom stereocenters. The van der Waals surface area contributed by atoms with Gasteiger partial charge in [-0.3, -0.25) is 0 Å². The Labute approximate surface area is 121 Å². The highest BCUT2D eigenvalue weighted by molar-refractivity contribution is 9.10. The molecule has 0 saturated carbocycles. The molecule has 1 nitrogen and oxygen atoms in total. The third-order valence-electron chi connectivity index (χ3n) is 2.90. The van der Waals surface area contributed by atoms with Gasteiger partial charge in [0.05, 0.1) is 0 Å². The number of halogens is 2. The van der Waals surface area contributed by atoms with Crippen molar-refractivity contribution in [1.29, 1.82) is 0 Å². The van der Waals surface area contributed by atoms with Gasteiger partial charge in [0.15, 0.2) is 0 Å². The molecule has 0 aliphatic carbocycles. The fourth-order valence-electron chi connectivity index (χ4n) is 1.81. The molecule has 2 aromatic carbocycles. The zero-order valence-electron chi connectivity index (χ0n) is 10.4. The Kier molecular flexibility index (Phi) is 4.31. The molecule has 0 atom stereocenters. The highest BCUT2D eigenvalue weighted by Crippen LogP contribution is 2.24. The van der Waals surface area contributed by atoms with E-state index in [2.05, 4.69) is 59.4 Å². The first-order valence-corrected chi connectivity index (χ1v) is 6.98. The predicted molar refractivity (Wildman–Crippen MR) is 82.4 cm³/mol. The van der Waals surface area contributed by atoms with Crippen LogP contribution in [-0.4, -0.2) is 0 Å². The summed E-state index contributed by atoms with van der Waals surface area (Å²) in [6, 6.07) is 12.3. The number of hydrogen-bond acceptors (Lipinski definition) is 1. The lowest BCUT2D eigenvalue weighted by Gasteiger charge is -2.11. The van der Waals surface area contributed by atoms with Crippen molar-refractivity contribution in [2.24, 2.45) is 0 Å². The van der Waals surface area contributed by atoms with E-state index in [1.807, 2.05) is 12.1 Å². The van der Waals surface area contributed by atoms with Crippen LogP contribution in [-0.2, 0) is 6.54 Å².